The number of anilines is 1. The molecule has 21 heavy (non-hydrogen) atoms. The van der Waals surface area contributed by atoms with E-state index in [1.54, 1.807) is 4.68 Å². The summed E-state index contributed by atoms with van der Waals surface area (Å²) in [4.78, 5) is 12.0. The van der Waals surface area contributed by atoms with Crippen molar-refractivity contribution in [3.05, 3.63) is 47.2 Å². The summed E-state index contributed by atoms with van der Waals surface area (Å²) in [5.41, 5.74) is 3.37. The minimum absolute atomic E-state index is 0.0549. The maximum Gasteiger partial charge on any atom is 0.320 e. The van der Waals surface area contributed by atoms with E-state index < -0.39 is 0 Å². The van der Waals surface area contributed by atoms with Gasteiger partial charge < -0.3 is 5.32 Å². The van der Waals surface area contributed by atoms with Crippen molar-refractivity contribution in [1.82, 2.24) is 15.1 Å². The van der Waals surface area contributed by atoms with Crippen molar-refractivity contribution in [3.63, 3.8) is 0 Å². The minimum Gasteiger partial charge on any atom is -0.331 e. The van der Waals surface area contributed by atoms with Crippen molar-refractivity contribution in [2.24, 2.45) is 7.05 Å². The molecule has 2 N–H and O–H groups in total. The van der Waals surface area contributed by atoms with Crippen LogP contribution in [0.1, 0.15) is 36.7 Å². The zero-order valence-corrected chi connectivity index (χ0v) is 13.0. The fourth-order valence-corrected chi connectivity index (χ4v) is 2.10. The normalized spacial score (nSPS) is 12.0. The standard InChI is InChI=1S/C16H22N4O/c1-5-13-6-8-14(9-7-13)12(3)17-16(21)18-15-10-11(2)20(4)19-15/h6-10,12H,5H2,1-4H3,(H2,17,18,19,21). The van der Waals surface area contributed by atoms with Gasteiger partial charge in [0, 0.05) is 18.8 Å². The number of aromatic nitrogens is 2. The Bertz CT molecular complexity index is 596. The van der Waals surface area contributed by atoms with Gasteiger partial charge in [-0.05, 0) is 31.4 Å². The monoisotopic (exact) mass is 286 g/mol. The molecule has 0 fully saturated rings. The molecule has 2 amide bonds. The van der Waals surface area contributed by atoms with Crippen molar-refractivity contribution in [3.8, 4) is 0 Å². The van der Waals surface area contributed by atoms with E-state index in [-0.39, 0.29) is 12.1 Å². The van der Waals surface area contributed by atoms with Gasteiger partial charge in [0.15, 0.2) is 5.82 Å². The smallest absolute Gasteiger partial charge is 0.320 e. The van der Waals surface area contributed by atoms with Gasteiger partial charge in [0.1, 0.15) is 0 Å². The predicted molar refractivity (Wildman–Crippen MR) is 84.3 cm³/mol. The molecule has 2 rings (SSSR count). The van der Waals surface area contributed by atoms with Crippen LogP contribution in [-0.4, -0.2) is 15.8 Å². The Balaban J connectivity index is 1.94. The van der Waals surface area contributed by atoms with Crippen molar-refractivity contribution in [2.75, 3.05) is 5.32 Å². The Hall–Kier alpha value is -2.30. The van der Waals surface area contributed by atoms with E-state index >= 15 is 0 Å². The Morgan fingerprint density at radius 2 is 2.00 bits per heavy atom. The fraction of sp³-hybridized carbons (Fsp3) is 0.375. The molecule has 2 aromatic rings. The lowest BCUT2D eigenvalue weighted by Crippen LogP contribution is -2.31. The van der Waals surface area contributed by atoms with E-state index in [2.05, 4.69) is 46.9 Å². The van der Waals surface area contributed by atoms with Crippen molar-refractivity contribution in [1.29, 1.82) is 0 Å². The van der Waals surface area contributed by atoms with Crippen LogP contribution < -0.4 is 10.6 Å². The molecule has 1 unspecified atom stereocenters. The SMILES string of the molecule is CCc1ccc(C(C)NC(=O)Nc2cc(C)n(C)n2)cc1. The van der Waals surface area contributed by atoms with Crippen LogP contribution in [0.3, 0.4) is 0 Å². The van der Waals surface area contributed by atoms with Crippen LogP contribution in [0.4, 0.5) is 10.6 Å². The van der Waals surface area contributed by atoms with E-state index in [9.17, 15) is 4.79 Å². The van der Waals surface area contributed by atoms with Crippen LogP contribution in [0.5, 0.6) is 0 Å². The molecule has 1 heterocycles. The molecule has 0 spiro atoms. The van der Waals surface area contributed by atoms with Gasteiger partial charge in [0.05, 0.1) is 6.04 Å². The largest absolute Gasteiger partial charge is 0.331 e. The summed E-state index contributed by atoms with van der Waals surface area (Å²) in [6, 6.07) is 9.81. The van der Waals surface area contributed by atoms with E-state index in [0.29, 0.717) is 5.82 Å². The molecule has 0 aliphatic heterocycles. The lowest BCUT2D eigenvalue weighted by Gasteiger charge is -2.14. The zero-order chi connectivity index (χ0) is 15.4. The predicted octanol–water partition coefficient (Wildman–Crippen LogP) is 3.17. The van der Waals surface area contributed by atoms with E-state index in [1.165, 1.54) is 5.56 Å². The third-order valence-corrected chi connectivity index (χ3v) is 3.59. The molecule has 0 aliphatic rings. The van der Waals surface area contributed by atoms with E-state index in [0.717, 1.165) is 17.7 Å². The number of nitrogens with one attached hydrogen (secondary N) is 2. The lowest BCUT2D eigenvalue weighted by atomic mass is 10.1. The van der Waals surface area contributed by atoms with Crippen molar-refractivity contribution < 1.29 is 4.79 Å². The van der Waals surface area contributed by atoms with Gasteiger partial charge in [0.25, 0.3) is 0 Å². The molecule has 0 bridgehead atoms. The Morgan fingerprint density at radius 3 is 2.52 bits per heavy atom. The maximum absolute atomic E-state index is 12.0. The number of aryl methyl sites for hydroxylation is 3. The Labute approximate surface area is 125 Å². The first kappa shape index (κ1) is 15.1. The van der Waals surface area contributed by atoms with Gasteiger partial charge in [-0.15, -0.1) is 0 Å². The van der Waals surface area contributed by atoms with Gasteiger partial charge in [-0.25, -0.2) is 4.79 Å². The summed E-state index contributed by atoms with van der Waals surface area (Å²) < 4.78 is 1.72. The van der Waals surface area contributed by atoms with Crippen LogP contribution in [0, 0.1) is 6.92 Å². The highest BCUT2D eigenvalue weighted by Gasteiger charge is 2.11. The number of benzene rings is 1. The minimum atomic E-state index is -0.250. The highest BCUT2D eigenvalue weighted by molar-refractivity contribution is 5.88. The van der Waals surface area contributed by atoms with Gasteiger partial charge >= 0.3 is 6.03 Å². The summed E-state index contributed by atoms with van der Waals surface area (Å²) in [5, 5.41) is 9.85. The zero-order valence-electron chi connectivity index (χ0n) is 13.0. The number of urea groups is 1. The summed E-state index contributed by atoms with van der Waals surface area (Å²) in [5.74, 6) is 0.557. The number of carbonyl (C=O) groups is 1. The number of amides is 2. The molecule has 0 radical (unpaired) electrons. The number of nitrogens with zero attached hydrogens (tertiary/aromatic N) is 2. The van der Waals surface area contributed by atoms with Gasteiger partial charge in [-0.2, -0.15) is 5.10 Å². The molecule has 0 aliphatic carbocycles. The second kappa shape index (κ2) is 6.43. The molecular weight excluding hydrogens is 264 g/mol. The van der Waals surface area contributed by atoms with Crippen LogP contribution in [0.2, 0.25) is 0 Å². The molecule has 5 nitrogen and oxygen atoms in total. The molecule has 5 heteroatoms. The Kier molecular flexibility index (Phi) is 4.62. The number of rotatable bonds is 4. The molecule has 1 aromatic heterocycles. The van der Waals surface area contributed by atoms with E-state index in [4.69, 9.17) is 0 Å². The van der Waals surface area contributed by atoms with Crippen molar-refractivity contribution in [2.45, 2.75) is 33.2 Å². The summed E-state index contributed by atoms with van der Waals surface area (Å²) in [7, 11) is 1.84. The molecule has 112 valence electrons. The van der Waals surface area contributed by atoms with Crippen molar-refractivity contribution >= 4 is 11.8 Å². The first-order chi connectivity index (χ1) is 9.99. The quantitative estimate of drug-likeness (QED) is 0.907. The van der Waals surface area contributed by atoms with Gasteiger partial charge in [0.2, 0.25) is 0 Å². The molecule has 0 saturated heterocycles. The molecule has 0 saturated carbocycles. The highest BCUT2D eigenvalue weighted by Crippen LogP contribution is 2.14. The summed E-state index contributed by atoms with van der Waals surface area (Å²) >= 11 is 0. The molecule has 1 aromatic carbocycles. The third-order valence-electron chi connectivity index (χ3n) is 3.59. The average Bonchev–Trinajstić information content (AvgIpc) is 2.77. The second-order valence-electron chi connectivity index (χ2n) is 5.21. The van der Waals surface area contributed by atoms with Crippen LogP contribution in [-0.2, 0) is 13.5 Å². The fourth-order valence-electron chi connectivity index (χ4n) is 2.10. The van der Waals surface area contributed by atoms with Gasteiger partial charge in [-0.3, -0.25) is 10.00 Å². The first-order valence-electron chi connectivity index (χ1n) is 7.16. The summed E-state index contributed by atoms with van der Waals surface area (Å²) in [6.45, 7) is 6.02. The lowest BCUT2D eigenvalue weighted by molar-refractivity contribution is 0.249. The first-order valence-corrected chi connectivity index (χ1v) is 7.16. The highest BCUT2D eigenvalue weighted by atomic mass is 16.2. The van der Waals surface area contributed by atoms with Gasteiger partial charge in [-0.1, -0.05) is 31.2 Å². The maximum atomic E-state index is 12.0. The molecule has 1 atom stereocenters. The third kappa shape index (κ3) is 3.84. The van der Waals surface area contributed by atoms with Crippen LogP contribution in [0.25, 0.3) is 0 Å². The average molecular weight is 286 g/mol. The van der Waals surface area contributed by atoms with Crippen LogP contribution in [0.15, 0.2) is 30.3 Å². The van der Waals surface area contributed by atoms with E-state index in [1.807, 2.05) is 27.0 Å². The number of carbonyl (C=O) groups excluding carboxylic acids is 1. The van der Waals surface area contributed by atoms with Crippen LogP contribution >= 0.6 is 0 Å². The molecular formula is C16H22N4O. The Morgan fingerprint density at radius 1 is 1.33 bits per heavy atom. The topological polar surface area (TPSA) is 59.0 Å². The summed E-state index contributed by atoms with van der Waals surface area (Å²) in [6.07, 6.45) is 1.02. The number of hydrogen-bond acceptors (Lipinski definition) is 2. The number of hydrogen-bond donors (Lipinski definition) is 2. The second-order valence-corrected chi connectivity index (χ2v) is 5.21.